The van der Waals surface area contributed by atoms with Gasteiger partial charge in [0.1, 0.15) is 5.39 Å². The molecule has 0 spiro atoms. The van der Waals surface area contributed by atoms with Crippen molar-refractivity contribution >= 4 is 22.7 Å². The maximum absolute atomic E-state index is 15.1. The lowest BCUT2D eigenvalue weighted by molar-refractivity contribution is 0.252. The molecule has 4 heterocycles. The van der Waals surface area contributed by atoms with Crippen molar-refractivity contribution in [2.45, 2.75) is 44.7 Å². The summed E-state index contributed by atoms with van der Waals surface area (Å²) in [4.78, 5) is 26.6. The molecule has 0 amide bonds. The first kappa shape index (κ1) is 21.9. The number of anilines is 2. The van der Waals surface area contributed by atoms with Crippen LogP contribution in [0.4, 0.5) is 16.0 Å². The number of fused-ring (bicyclic) bond motifs is 2. The van der Waals surface area contributed by atoms with Gasteiger partial charge in [-0.05, 0) is 68.1 Å². The topological polar surface area (TPSA) is 110 Å². The minimum atomic E-state index is -0.571. The average molecular weight is 476 g/mol. The highest BCUT2D eigenvalue weighted by molar-refractivity contribution is 5.77. The lowest BCUT2D eigenvalue weighted by Gasteiger charge is -2.18. The minimum Gasteiger partial charge on any atom is -0.395 e. The number of halogens is 1. The van der Waals surface area contributed by atoms with Gasteiger partial charge in [-0.15, -0.1) is 0 Å². The number of aliphatic hydroxyl groups excluding tert-OH is 1. The Bertz CT molecular complexity index is 1510. The molecule has 1 aliphatic heterocycles. The third kappa shape index (κ3) is 3.60. The normalized spacial score (nSPS) is 16.3. The molecule has 3 N–H and O–H groups in total. The number of nitrogens with one attached hydrogen (secondary N) is 2. The third-order valence-electron chi connectivity index (χ3n) is 7.05. The second-order valence-electron chi connectivity index (χ2n) is 9.24. The highest BCUT2D eigenvalue weighted by Gasteiger charge is 2.45. The van der Waals surface area contributed by atoms with Crippen molar-refractivity contribution in [3.63, 3.8) is 0 Å². The van der Waals surface area contributed by atoms with E-state index in [0.29, 0.717) is 18.2 Å². The van der Waals surface area contributed by atoms with Crippen LogP contribution in [0.25, 0.3) is 16.9 Å². The standard InChI is InChI=1S/C25H26FN7O2/c1-2-32-23(35)18-13-28-24(29-17-4-3-16-12-27-10-7-15(16)11-17)31-21(18)33(32)22-19(26)5-6-20(30-22)25(14-34)8-9-25/h3-6,11,13,27,34H,2,7-10,12,14H2,1H3,(H,28,29,31). The van der Waals surface area contributed by atoms with E-state index in [2.05, 4.69) is 37.7 Å². The van der Waals surface area contributed by atoms with Crippen molar-refractivity contribution in [2.75, 3.05) is 18.5 Å². The Hall–Kier alpha value is -3.63. The Kier molecular flexibility index (Phi) is 5.15. The Labute approximate surface area is 200 Å². The molecule has 6 rings (SSSR count). The molecule has 1 aliphatic carbocycles. The highest BCUT2D eigenvalue weighted by Crippen LogP contribution is 2.47. The van der Waals surface area contributed by atoms with E-state index in [-0.39, 0.29) is 29.0 Å². The van der Waals surface area contributed by atoms with Crippen LogP contribution in [0.1, 0.15) is 36.6 Å². The Balaban J connectivity index is 1.46. The van der Waals surface area contributed by atoms with Crippen LogP contribution < -0.4 is 16.2 Å². The number of aliphatic hydroxyl groups is 1. The van der Waals surface area contributed by atoms with E-state index < -0.39 is 11.2 Å². The number of rotatable bonds is 6. The van der Waals surface area contributed by atoms with E-state index in [1.54, 1.807) is 6.07 Å². The Morgan fingerprint density at radius 3 is 2.83 bits per heavy atom. The van der Waals surface area contributed by atoms with Gasteiger partial charge in [-0.3, -0.25) is 4.79 Å². The first-order chi connectivity index (χ1) is 17.0. The number of benzene rings is 1. The van der Waals surface area contributed by atoms with E-state index in [9.17, 15) is 9.90 Å². The number of hydrogen-bond donors (Lipinski definition) is 3. The van der Waals surface area contributed by atoms with Crippen molar-refractivity contribution < 1.29 is 9.50 Å². The summed E-state index contributed by atoms with van der Waals surface area (Å²) in [5, 5.41) is 16.7. The van der Waals surface area contributed by atoms with Gasteiger partial charge >= 0.3 is 0 Å². The fourth-order valence-corrected chi connectivity index (χ4v) is 4.79. The number of nitrogens with zero attached hydrogens (tertiary/aromatic N) is 5. The smallest absolute Gasteiger partial charge is 0.278 e. The molecule has 3 aromatic heterocycles. The Morgan fingerprint density at radius 2 is 2.06 bits per heavy atom. The zero-order chi connectivity index (χ0) is 24.2. The number of pyridine rings is 1. The van der Waals surface area contributed by atoms with Crippen molar-refractivity contribution in [2.24, 2.45) is 0 Å². The first-order valence-corrected chi connectivity index (χ1v) is 11.9. The first-order valence-electron chi connectivity index (χ1n) is 11.9. The lowest BCUT2D eigenvalue weighted by Crippen LogP contribution is -2.23. The summed E-state index contributed by atoms with van der Waals surface area (Å²) < 4.78 is 17.9. The van der Waals surface area contributed by atoms with E-state index in [1.807, 2.05) is 13.0 Å². The number of hydrogen-bond acceptors (Lipinski definition) is 7. The number of aromatic nitrogens is 5. The van der Waals surface area contributed by atoms with Crippen LogP contribution in [0.3, 0.4) is 0 Å². The summed E-state index contributed by atoms with van der Waals surface area (Å²) in [7, 11) is 0. The molecule has 2 aliphatic rings. The molecule has 0 bridgehead atoms. The maximum atomic E-state index is 15.1. The molecule has 35 heavy (non-hydrogen) atoms. The predicted molar refractivity (Wildman–Crippen MR) is 130 cm³/mol. The summed E-state index contributed by atoms with van der Waals surface area (Å²) >= 11 is 0. The van der Waals surface area contributed by atoms with E-state index >= 15 is 4.39 Å². The van der Waals surface area contributed by atoms with Gasteiger partial charge in [0.05, 0.1) is 12.3 Å². The van der Waals surface area contributed by atoms with Crippen molar-refractivity contribution in [1.82, 2.24) is 29.6 Å². The van der Waals surface area contributed by atoms with Crippen molar-refractivity contribution in [1.29, 1.82) is 0 Å². The summed E-state index contributed by atoms with van der Waals surface area (Å²) in [5.74, 6) is -0.279. The van der Waals surface area contributed by atoms with Crippen molar-refractivity contribution in [3.8, 4) is 5.82 Å². The molecular formula is C25H26FN7O2. The van der Waals surface area contributed by atoms with Gasteiger partial charge in [-0.2, -0.15) is 4.98 Å². The highest BCUT2D eigenvalue weighted by atomic mass is 19.1. The van der Waals surface area contributed by atoms with Gasteiger partial charge in [-0.25, -0.2) is 23.7 Å². The largest absolute Gasteiger partial charge is 0.395 e. The van der Waals surface area contributed by atoms with Crippen LogP contribution in [-0.2, 0) is 24.9 Å². The molecule has 0 unspecified atom stereocenters. The molecule has 180 valence electrons. The van der Waals surface area contributed by atoms with Crippen molar-refractivity contribution in [3.05, 3.63) is 69.5 Å². The van der Waals surface area contributed by atoms with Gasteiger partial charge in [0, 0.05) is 30.4 Å². The SMILES string of the molecule is CCn1c(=O)c2cnc(Nc3ccc4c(c3)CCNC4)nc2n1-c1nc(C2(CO)CC2)ccc1F. The molecule has 10 heteroatoms. The van der Waals surface area contributed by atoms with E-state index in [4.69, 9.17) is 0 Å². The van der Waals surface area contributed by atoms with Crippen LogP contribution in [-0.4, -0.2) is 42.6 Å². The zero-order valence-corrected chi connectivity index (χ0v) is 19.4. The average Bonchev–Trinajstić information content (AvgIpc) is 3.63. The molecule has 9 nitrogen and oxygen atoms in total. The second kappa shape index (κ2) is 8.24. The molecule has 0 saturated heterocycles. The van der Waals surface area contributed by atoms with Gasteiger partial charge < -0.3 is 15.7 Å². The molecule has 4 aromatic rings. The summed E-state index contributed by atoms with van der Waals surface area (Å²) in [6, 6.07) is 9.08. The van der Waals surface area contributed by atoms with Crippen LogP contribution in [0, 0.1) is 5.82 Å². The monoisotopic (exact) mass is 475 g/mol. The van der Waals surface area contributed by atoms with Crippen LogP contribution in [0.5, 0.6) is 0 Å². The van der Waals surface area contributed by atoms with Crippen LogP contribution in [0.2, 0.25) is 0 Å². The second-order valence-corrected chi connectivity index (χ2v) is 9.24. The van der Waals surface area contributed by atoms with Gasteiger partial charge in [-0.1, -0.05) is 6.07 Å². The molecule has 1 aromatic carbocycles. The van der Waals surface area contributed by atoms with Crippen LogP contribution >= 0.6 is 0 Å². The Morgan fingerprint density at radius 1 is 1.20 bits per heavy atom. The summed E-state index contributed by atoms with van der Waals surface area (Å²) in [6.45, 7) is 3.84. The van der Waals surface area contributed by atoms with Crippen LogP contribution in [0.15, 0.2) is 41.3 Å². The quantitative estimate of drug-likeness (QED) is 0.393. The zero-order valence-electron chi connectivity index (χ0n) is 19.4. The minimum absolute atomic E-state index is 0.0119. The van der Waals surface area contributed by atoms with E-state index in [1.165, 1.54) is 32.8 Å². The molecule has 0 atom stereocenters. The molecule has 1 fully saturated rings. The summed E-state index contributed by atoms with van der Waals surface area (Å²) in [6.07, 6.45) is 4.00. The van der Waals surface area contributed by atoms with Gasteiger partial charge in [0.15, 0.2) is 17.3 Å². The molecule has 1 saturated carbocycles. The summed E-state index contributed by atoms with van der Waals surface area (Å²) in [5.41, 5.74) is 3.52. The third-order valence-corrected chi connectivity index (χ3v) is 7.05. The van der Waals surface area contributed by atoms with Gasteiger partial charge in [0.25, 0.3) is 5.56 Å². The fraction of sp³-hybridized carbons (Fsp3) is 0.360. The maximum Gasteiger partial charge on any atom is 0.278 e. The van der Waals surface area contributed by atoms with E-state index in [0.717, 1.165) is 38.0 Å². The molecule has 0 radical (unpaired) electrons. The fourth-order valence-electron chi connectivity index (χ4n) is 4.79. The predicted octanol–water partition coefficient (Wildman–Crippen LogP) is 2.55. The molecular weight excluding hydrogens is 449 g/mol. The lowest BCUT2D eigenvalue weighted by atomic mass is 10.0. The van der Waals surface area contributed by atoms with Gasteiger partial charge in [0.2, 0.25) is 5.95 Å².